The van der Waals surface area contributed by atoms with Crippen molar-refractivity contribution in [2.45, 2.75) is 20.8 Å². The van der Waals surface area contributed by atoms with Crippen LogP contribution in [0.1, 0.15) is 16.7 Å². The fourth-order valence-electron chi connectivity index (χ4n) is 3.58. The van der Waals surface area contributed by atoms with Crippen LogP contribution in [0.4, 0.5) is 15.9 Å². The van der Waals surface area contributed by atoms with Gasteiger partial charge in [-0.25, -0.2) is 14.4 Å². The maximum atomic E-state index is 13.3. The van der Waals surface area contributed by atoms with Gasteiger partial charge in [0.25, 0.3) is 0 Å². The topological polar surface area (TPSA) is 66.9 Å². The molecule has 0 atom stereocenters. The Labute approximate surface area is 178 Å². The summed E-state index contributed by atoms with van der Waals surface area (Å²) in [6.45, 7) is 6.07. The number of thiophene rings is 1. The molecule has 2 heterocycles. The predicted molar refractivity (Wildman–Crippen MR) is 121 cm³/mol. The van der Waals surface area contributed by atoms with Gasteiger partial charge in [0.05, 0.1) is 11.9 Å². The molecule has 0 aliphatic heterocycles. The highest BCUT2D eigenvalue weighted by Crippen LogP contribution is 2.36. The van der Waals surface area contributed by atoms with Crippen LogP contribution in [0.5, 0.6) is 0 Å². The van der Waals surface area contributed by atoms with Gasteiger partial charge >= 0.3 is 0 Å². The first-order valence-electron chi connectivity index (χ1n) is 9.52. The Morgan fingerprint density at radius 2 is 1.77 bits per heavy atom. The lowest BCUT2D eigenvalue weighted by atomic mass is 10.1. The maximum absolute atomic E-state index is 13.3. The van der Waals surface area contributed by atoms with E-state index in [9.17, 15) is 9.18 Å². The highest BCUT2D eigenvalue weighted by Gasteiger charge is 2.15. The van der Waals surface area contributed by atoms with Gasteiger partial charge in [0, 0.05) is 16.6 Å². The number of nitrogens with zero attached hydrogens (tertiary/aromatic N) is 2. The number of rotatable bonds is 5. The summed E-state index contributed by atoms with van der Waals surface area (Å²) in [6.07, 6.45) is 1.47. The lowest BCUT2D eigenvalue weighted by Gasteiger charge is -2.14. The van der Waals surface area contributed by atoms with E-state index in [-0.39, 0.29) is 18.3 Å². The second kappa shape index (κ2) is 8.20. The fourth-order valence-corrected chi connectivity index (χ4v) is 4.49. The summed E-state index contributed by atoms with van der Waals surface area (Å²) in [7, 11) is 0. The first-order valence-corrected chi connectivity index (χ1v) is 10.4. The van der Waals surface area contributed by atoms with Gasteiger partial charge < -0.3 is 10.6 Å². The van der Waals surface area contributed by atoms with Gasteiger partial charge in [-0.15, -0.1) is 11.3 Å². The summed E-state index contributed by atoms with van der Waals surface area (Å²) in [4.78, 5) is 22.1. The predicted octanol–water partition coefficient (Wildman–Crippen LogP) is 5.47. The molecule has 0 aliphatic rings. The summed E-state index contributed by atoms with van der Waals surface area (Å²) >= 11 is 1.48. The number of hydrogen-bond acceptors (Lipinski definition) is 5. The molecule has 0 bridgehead atoms. The van der Waals surface area contributed by atoms with Crippen LogP contribution in [-0.2, 0) is 4.79 Å². The maximum Gasteiger partial charge on any atom is 0.243 e. The van der Waals surface area contributed by atoms with Crippen LogP contribution in [0.25, 0.3) is 21.3 Å². The first kappa shape index (κ1) is 20.0. The van der Waals surface area contributed by atoms with Crippen LogP contribution in [-0.4, -0.2) is 22.4 Å². The van der Waals surface area contributed by atoms with Gasteiger partial charge in [0.15, 0.2) is 0 Å². The van der Waals surface area contributed by atoms with E-state index < -0.39 is 0 Å². The van der Waals surface area contributed by atoms with E-state index >= 15 is 0 Å². The number of amides is 1. The van der Waals surface area contributed by atoms with Crippen molar-refractivity contribution in [2.24, 2.45) is 0 Å². The van der Waals surface area contributed by atoms with Crippen molar-refractivity contribution >= 4 is 39.0 Å². The zero-order chi connectivity index (χ0) is 21.3. The molecular weight excluding hydrogens is 399 g/mol. The molecule has 1 amide bonds. The Balaban J connectivity index is 1.57. The van der Waals surface area contributed by atoms with Gasteiger partial charge in [-0.05, 0) is 49.6 Å². The van der Waals surface area contributed by atoms with Crippen molar-refractivity contribution in [3.05, 3.63) is 70.6 Å². The van der Waals surface area contributed by atoms with Gasteiger partial charge in [0.1, 0.15) is 22.8 Å². The highest BCUT2D eigenvalue weighted by atomic mass is 32.1. The number of aryl methyl sites for hydroxylation is 3. The third-order valence-electron chi connectivity index (χ3n) is 4.88. The van der Waals surface area contributed by atoms with Crippen molar-refractivity contribution in [1.82, 2.24) is 9.97 Å². The minimum atomic E-state index is -0.286. The van der Waals surface area contributed by atoms with E-state index in [0.29, 0.717) is 5.82 Å². The second-order valence-corrected chi connectivity index (χ2v) is 8.09. The van der Waals surface area contributed by atoms with Crippen molar-refractivity contribution in [1.29, 1.82) is 0 Å². The van der Waals surface area contributed by atoms with Crippen LogP contribution < -0.4 is 10.6 Å². The number of benzene rings is 2. The quantitative estimate of drug-likeness (QED) is 0.449. The van der Waals surface area contributed by atoms with Gasteiger partial charge in [-0.1, -0.05) is 29.8 Å². The number of nitrogens with one attached hydrogen (secondary N) is 2. The number of aromatic nitrogens is 2. The Bertz CT molecular complexity index is 1210. The van der Waals surface area contributed by atoms with Crippen LogP contribution in [0.2, 0.25) is 0 Å². The number of carbonyl (C=O) groups is 1. The highest BCUT2D eigenvalue weighted by molar-refractivity contribution is 7.17. The van der Waals surface area contributed by atoms with E-state index in [2.05, 4.69) is 20.6 Å². The Kier molecular flexibility index (Phi) is 5.46. The molecule has 7 heteroatoms. The molecule has 30 heavy (non-hydrogen) atoms. The number of carbonyl (C=O) groups excluding carboxylic acids is 1. The van der Waals surface area contributed by atoms with Crippen molar-refractivity contribution in [3.63, 3.8) is 0 Å². The number of halogens is 1. The molecule has 5 nitrogen and oxygen atoms in total. The Morgan fingerprint density at radius 1 is 1.07 bits per heavy atom. The van der Waals surface area contributed by atoms with Gasteiger partial charge in [0.2, 0.25) is 5.91 Å². The monoisotopic (exact) mass is 420 g/mol. The molecular formula is C23H21FN4OS. The van der Waals surface area contributed by atoms with E-state index in [1.165, 1.54) is 29.8 Å². The zero-order valence-corrected chi connectivity index (χ0v) is 17.7. The largest absolute Gasteiger partial charge is 0.360 e. The van der Waals surface area contributed by atoms with Crippen LogP contribution in [0, 0.1) is 26.6 Å². The third kappa shape index (κ3) is 4.02. The van der Waals surface area contributed by atoms with Crippen LogP contribution in [0.3, 0.4) is 0 Å². The Hall–Kier alpha value is -3.32. The van der Waals surface area contributed by atoms with Crippen molar-refractivity contribution in [2.75, 3.05) is 17.2 Å². The van der Waals surface area contributed by atoms with Crippen molar-refractivity contribution < 1.29 is 9.18 Å². The summed E-state index contributed by atoms with van der Waals surface area (Å²) in [6, 6.07) is 10.4. The summed E-state index contributed by atoms with van der Waals surface area (Å²) in [5.41, 5.74) is 5.83. The molecule has 0 aliphatic carbocycles. The summed E-state index contributed by atoms with van der Waals surface area (Å²) < 4.78 is 13.3. The van der Waals surface area contributed by atoms with E-state index in [0.717, 1.165) is 43.7 Å². The molecule has 2 aromatic heterocycles. The van der Waals surface area contributed by atoms with Gasteiger partial charge in [-0.3, -0.25) is 4.79 Å². The SMILES string of the molecule is Cc1cc(C)c(NC(=O)CNc2ncnc3scc(-c4ccc(F)cc4)c23)c(C)c1. The third-order valence-corrected chi connectivity index (χ3v) is 5.77. The molecule has 4 rings (SSSR count). The molecule has 0 saturated carbocycles. The normalized spacial score (nSPS) is 10.9. The lowest BCUT2D eigenvalue weighted by Crippen LogP contribution is -2.23. The smallest absolute Gasteiger partial charge is 0.243 e. The molecule has 0 spiro atoms. The summed E-state index contributed by atoms with van der Waals surface area (Å²) in [5.74, 6) is 0.134. The summed E-state index contributed by atoms with van der Waals surface area (Å²) in [5, 5.41) is 8.91. The zero-order valence-electron chi connectivity index (χ0n) is 16.9. The van der Waals surface area contributed by atoms with Gasteiger partial charge in [-0.2, -0.15) is 0 Å². The molecule has 4 aromatic rings. The average Bonchev–Trinajstić information content (AvgIpc) is 3.14. The Morgan fingerprint density at radius 3 is 2.47 bits per heavy atom. The number of anilines is 2. The second-order valence-electron chi connectivity index (χ2n) is 7.23. The van der Waals surface area contributed by atoms with E-state index in [1.54, 1.807) is 12.1 Å². The molecule has 2 N–H and O–H groups in total. The molecule has 0 fully saturated rings. The minimum absolute atomic E-state index is 0.0670. The molecule has 0 radical (unpaired) electrons. The number of hydrogen-bond donors (Lipinski definition) is 2. The molecule has 152 valence electrons. The fraction of sp³-hybridized carbons (Fsp3) is 0.174. The lowest BCUT2D eigenvalue weighted by molar-refractivity contribution is -0.114. The van der Waals surface area contributed by atoms with E-state index in [4.69, 9.17) is 0 Å². The standard InChI is InChI=1S/C23H21FN4OS/c1-13-8-14(2)21(15(3)9-13)28-19(29)10-25-22-20-18(11-30-23(20)27-12-26-22)16-4-6-17(24)7-5-16/h4-9,11-12H,10H2,1-3H3,(H,28,29)(H,25,26,27). The number of fused-ring (bicyclic) bond motifs is 1. The minimum Gasteiger partial charge on any atom is -0.360 e. The molecule has 0 unspecified atom stereocenters. The average molecular weight is 421 g/mol. The van der Waals surface area contributed by atoms with E-state index in [1.807, 2.05) is 38.3 Å². The molecule has 2 aromatic carbocycles. The molecule has 0 saturated heterocycles. The van der Waals surface area contributed by atoms with Crippen LogP contribution >= 0.6 is 11.3 Å². The van der Waals surface area contributed by atoms with Crippen LogP contribution in [0.15, 0.2) is 48.1 Å². The van der Waals surface area contributed by atoms with Crippen molar-refractivity contribution in [3.8, 4) is 11.1 Å². The first-order chi connectivity index (χ1) is 14.4.